The number of benzene rings is 1. The second-order valence-corrected chi connectivity index (χ2v) is 8.21. The van der Waals surface area contributed by atoms with Gasteiger partial charge in [-0.15, -0.1) is 0 Å². The Morgan fingerprint density at radius 2 is 2.06 bits per heavy atom. The standard InChI is InChI=1S/C23H31N3O5/c1-28-20-7-3-5-17(22(20)29-2)14-26-10-8-16(9-11-26)19-13-21(31-25-19)23(27)24-18-6-4-12-30-15-18/h3,5,7,13,16,18H,4,6,8-12,14-15H2,1-2H3,(H,24,27)/t18-/m1/s1. The fourth-order valence-electron chi connectivity index (χ4n) is 4.41. The molecule has 2 fully saturated rings. The predicted molar refractivity (Wildman–Crippen MR) is 115 cm³/mol. The van der Waals surface area contributed by atoms with E-state index in [4.69, 9.17) is 18.7 Å². The number of aromatic nitrogens is 1. The molecule has 8 nitrogen and oxygen atoms in total. The van der Waals surface area contributed by atoms with Crippen LogP contribution in [0.5, 0.6) is 11.5 Å². The average molecular weight is 430 g/mol. The highest BCUT2D eigenvalue weighted by atomic mass is 16.5. The first-order valence-corrected chi connectivity index (χ1v) is 11.0. The van der Waals surface area contributed by atoms with E-state index in [-0.39, 0.29) is 17.7 Å². The number of hydrogen-bond donors (Lipinski definition) is 1. The van der Waals surface area contributed by atoms with Crippen LogP contribution in [-0.4, -0.2) is 62.5 Å². The monoisotopic (exact) mass is 429 g/mol. The molecule has 1 aromatic carbocycles. The van der Waals surface area contributed by atoms with Gasteiger partial charge in [-0.2, -0.15) is 0 Å². The van der Waals surface area contributed by atoms with E-state index < -0.39 is 0 Å². The predicted octanol–water partition coefficient (Wildman–Crippen LogP) is 2.98. The Bertz CT molecular complexity index is 870. The van der Waals surface area contributed by atoms with Crippen LogP contribution in [0.1, 0.15) is 53.4 Å². The smallest absolute Gasteiger partial charge is 0.290 e. The molecule has 1 amide bonds. The van der Waals surface area contributed by atoms with Crippen molar-refractivity contribution >= 4 is 5.91 Å². The van der Waals surface area contributed by atoms with E-state index in [0.717, 1.165) is 74.7 Å². The molecule has 2 aliphatic heterocycles. The largest absolute Gasteiger partial charge is 0.493 e. The number of nitrogens with one attached hydrogen (secondary N) is 1. The second kappa shape index (κ2) is 10.2. The summed E-state index contributed by atoms with van der Waals surface area (Å²) < 4.78 is 21.7. The van der Waals surface area contributed by atoms with Crippen LogP contribution < -0.4 is 14.8 Å². The number of nitrogens with zero attached hydrogens (tertiary/aromatic N) is 2. The summed E-state index contributed by atoms with van der Waals surface area (Å²) in [6.45, 7) is 4.02. The first-order valence-electron chi connectivity index (χ1n) is 11.0. The summed E-state index contributed by atoms with van der Waals surface area (Å²) in [7, 11) is 3.33. The highest BCUT2D eigenvalue weighted by molar-refractivity contribution is 5.91. The molecule has 31 heavy (non-hydrogen) atoms. The molecule has 0 aliphatic carbocycles. The van der Waals surface area contributed by atoms with E-state index in [0.29, 0.717) is 12.5 Å². The van der Waals surface area contributed by atoms with Crippen molar-refractivity contribution in [2.75, 3.05) is 40.5 Å². The van der Waals surface area contributed by atoms with Crippen LogP contribution in [0.2, 0.25) is 0 Å². The third-order valence-corrected chi connectivity index (χ3v) is 6.13. The van der Waals surface area contributed by atoms with Crippen molar-refractivity contribution in [1.82, 2.24) is 15.4 Å². The summed E-state index contributed by atoms with van der Waals surface area (Å²) in [5.74, 6) is 1.92. The van der Waals surface area contributed by atoms with Crippen LogP contribution >= 0.6 is 0 Å². The number of carbonyl (C=O) groups is 1. The number of piperidine rings is 1. The summed E-state index contributed by atoms with van der Waals surface area (Å²) in [6, 6.07) is 7.82. The van der Waals surface area contributed by atoms with Gasteiger partial charge in [0.25, 0.3) is 5.91 Å². The zero-order chi connectivity index (χ0) is 21.6. The van der Waals surface area contributed by atoms with Gasteiger partial charge in [-0.05, 0) is 44.8 Å². The van der Waals surface area contributed by atoms with Gasteiger partial charge in [0.2, 0.25) is 5.76 Å². The van der Waals surface area contributed by atoms with Crippen LogP contribution in [-0.2, 0) is 11.3 Å². The molecule has 168 valence electrons. The highest BCUT2D eigenvalue weighted by Gasteiger charge is 2.26. The summed E-state index contributed by atoms with van der Waals surface area (Å²) in [5.41, 5.74) is 1.98. The molecule has 0 spiro atoms. The van der Waals surface area contributed by atoms with Gasteiger partial charge < -0.3 is 24.1 Å². The van der Waals surface area contributed by atoms with Crippen LogP contribution in [0, 0.1) is 0 Å². The summed E-state index contributed by atoms with van der Waals surface area (Å²) in [6.07, 6.45) is 3.84. The van der Waals surface area contributed by atoms with Gasteiger partial charge in [-0.3, -0.25) is 9.69 Å². The van der Waals surface area contributed by atoms with Crippen molar-refractivity contribution in [1.29, 1.82) is 0 Å². The van der Waals surface area contributed by atoms with Crippen molar-refractivity contribution < 1.29 is 23.5 Å². The molecule has 4 rings (SSSR count). The normalized spacial score (nSPS) is 20.4. The van der Waals surface area contributed by atoms with E-state index >= 15 is 0 Å². The van der Waals surface area contributed by atoms with Crippen molar-refractivity contribution in [2.24, 2.45) is 0 Å². The van der Waals surface area contributed by atoms with Gasteiger partial charge in [0.1, 0.15) is 0 Å². The molecule has 1 aromatic heterocycles. The molecule has 0 radical (unpaired) electrons. The highest BCUT2D eigenvalue weighted by Crippen LogP contribution is 2.33. The number of amides is 1. The molecule has 3 heterocycles. The molecule has 0 bridgehead atoms. The number of ether oxygens (including phenoxy) is 3. The number of likely N-dealkylation sites (tertiary alicyclic amines) is 1. The summed E-state index contributed by atoms with van der Waals surface area (Å²) >= 11 is 0. The van der Waals surface area contributed by atoms with E-state index in [1.807, 2.05) is 12.1 Å². The van der Waals surface area contributed by atoms with Crippen molar-refractivity contribution in [2.45, 2.75) is 44.2 Å². The van der Waals surface area contributed by atoms with E-state index in [1.165, 1.54) is 0 Å². The molecular formula is C23H31N3O5. The van der Waals surface area contributed by atoms with Gasteiger partial charge >= 0.3 is 0 Å². The lowest BCUT2D eigenvalue weighted by molar-refractivity contribution is 0.0608. The maximum atomic E-state index is 12.4. The summed E-state index contributed by atoms with van der Waals surface area (Å²) in [5, 5.41) is 7.17. The molecule has 0 unspecified atom stereocenters. The van der Waals surface area contributed by atoms with Crippen LogP contribution in [0.3, 0.4) is 0 Å². The second-order valence-electron chi connectivity index (χ2n) is 8.21. The Morgan fingerprint density at radius 3 is 2.77 bits per heavy atom. The van der Waals surface area contributed by atoms with Gasteiger partial charge in [-0.1, -0.05) is 17.3 Å². The summed E-state index contributed by atoms with van der Waals surface area (Å²) in [4.78, 5) is 14.9. The van der Waals surface area contributed by atoms with E-state index in [2.05, 4.69) is 21.4 Å². The van der Waals surface area contributed by atoms with E-state index in [1.54, 1.807) is 20.3 Å². The lowest BCUT2D eigenvalue weighted by Crippen LogP contribution is -2.40. The van der Waals surface area contributed by atoms with Crippen LogP contribution in [0.4, 0.5) is 0 Å². The zero-order valence-electron chi connectivity index (χ0n) is 18.3. The number of hydrogen-bond acceptors (Lipinski definition) is 7. The number of rotatable bonds is 7. The molecule has 2 aromatic rings. The Labute approximate surface area is 182 Å². The molecule has 1 N–H and O–H groups in total. The number of carbonyl (C=O) groups excluding carboxylic acids is 1. The molecule has 2 saturated heterocycles. The SMILES string of the molecule is COc1cccc(CN2CCC(c3cc(C(=O)N[C@@H]4CCCOC4)on3)CC2)c1OC. The van der Waals surface area contributed by atoms with Crippen LogP contribution in [0.25, 0.3) is 0 Å². The van der Waals surface area contributed by atoms with Gasteiger partial charge in [0, 0.05) is 30.7 Å². The van der Waals surface area contributed by atoms with Crippen molar-refractivity contribution in [3.05, 3.63) is 41.3 Å². The Hall–Kier alpha value is -2.58. The average Bonchev–Trinajstić information content (AvgIpc) is 3.30. The van der Waals surface area contributed by atoms with Crippen LogP contribution in [0.15, 0.2) is 28.8 Å². The fourth-order valence-corrected chi connectivity index (χ4v) is 4.41. The van der Waals surface area contributed by atoms with Crippen molar-refractivity contribution in [3.63, 3.8) is 0 Å². The minimum atomic E-state index is -0.211. The first kappa shape index (κ1) is 21.6. The molecule has 2 aliphatic rings. The molecule has 1 atom stereocenters. The maximum Gasteiger partial charge on any atom is 0.290 e. The number of para-hydroxylation sites is 1. The molecule has 8 heteroatoms. The van der Waals surface area contributed by atoms with Gasteiger partial charge in [0.05, 0.1) is 32.6 Å². The molecular weight excluding hydrogens is 398 g/mol. The number of methoxy groups -OCH3 is 2. The first-order chi connectivity index (χ1) is 15.2. The third-order valence-electron chi connectivity index (χ3n) is 6.13. The van der Waals surface area contributed by atoms with E-state index in [9.17, 15) is 4.79 Å². The minimum absolute atomic E-state index is 0.0478. The minimum Gasteiger partial charge on any atom is -0.493 e. The van der Waals surface area contributed by atoms with Gasteiger partial charge in [0.15, 0.2) is 11.5 Å². The van der Waals surface area contributed by atoms with Gasteiger partial charge in [-0.25, -0.2) is 0 Å². The lowest BCUT2D eigenvalue weighted by atomic mass is 9.93. The third kappa shape index (κ3) is 5.19. The Balaban J connectivity index is 1.31. The Kier molecular flexibility index (Phi) is 7.09. The zero-order valence-corrected chi connectivity index (χ0v) is 18.3. The lowest BCUT2D eigenvalue weighted by Gasteiger charge is -2.31. The maximum absolute atomic E-state index is 12.4. The Morgan fingerprint density at radius 1 is 1.23 bits per heavy atom. The molecule has 0 saturated carbocycles. The van der Waals surface area contributed by atoms with Crippen molar-refractivity contribution in [3.8, 4) is 11.5 Å². The fraction of sp³-hybridized carbons (Fsp3) is 0.565. The topological polar surface area (TPSA) is 86.1 Å². The quantitative estimate of drug-likeness (QED) is 0.724.